The van der Waals surface area contributed by atoms with Crippen LogP contribution in [0, 0.1) is 15.9 Å². The van der Waals surface area contributed by atoms with Gasteiger partial charge in [0.1, 0.15) is 5.82 Å². The Morgan fingerprint density at radius 2 is 2.11 bits per heavy atom. The maximum absolute atomic E-state index is 13.1. The molecule has 0 fully saturated rings. The number of nitro groups is 1. The van der Waals surface area contributed by atoms with Gasteiger partial charge in [-0.05, 0) is 24.3 Å². The van der Waals surface area contributed by atoms with Gasteiger partial charge in [0, 0.05) is 17.8 Å². The van der Waals surface area contributed by atoms with Gasteiger partial charge >= 0.3 is 5.69 Å². The Hall–Kier alpha value is -2.83. The Bertz CT molecular complexity index is 631. The second-order valence-electron chi connectivity index (χ2n) is 3.59. The predicted molar refractivity (Wildman–Crippen MR) is 65.2 cm³/mol. The van der Waals surface area contributed by atoms with Crippen LogP contribution in [0.5, 0.6) is 0 Å². The summed E-state index contributed by atoms with van der Waals surface area (Å²) in [6, 6.07) is 7.85. The van der Waals surface area contributed by atoms with E-state index in [0.29, 0.717) is 5.82 Å². The molecule has 1 heterocycles. The summed E-state index contributed by atoms with van der Waals surface area (Å²) in [6.07, 6.45) is 1.49. The van der Waals surface area contributed by atoms with Gasteiger partial charge in [0.05, 0.1) is 4.92 Å². The lowest BCUT2D eigenvalue weighted by atomic mass is 10.2. The van der Waals surface area contributed by atoms with Crippen LogP contribution < -0.4 is 5.32 Å². The van der Waals surface area contributed by atoms with Crippen molar-refractivity contribution in [1.82, 2.24) is 4.98 Å². The van der Waals surface area contributed by atoms with E-state index in [1.807, 2.05) is 0 Å². The number of halogens is 1. The van der Waals surface area contributed by atoms with Crippen LogP contribution in [-0.4, -0.2) is 15.8 Å². The number of nitro benzene ring substituents is 1. The highest BCUT2D eigenvalue weighted by Crippen LogP contribution is 2.19. The first-order valence-electron chi connectivity index (χ1n) is 5.24. The number of carbonyl (C=O) groups excluding carboxylic acids is 1. The normalized spacial score (nSPS) is 9.95. The van der Waals surface area contributed by atoms with Gasteiger partial charge in [0.15, 0.2) is 0 Å². The molecular formula is C12H8FN3O3. The lowest BCUT2D eigenvalue weighted by molar-refractivity contribution is -0.387. The summed E-state index contributed by atoms with van der Waals surface area (Å²) >= 11 is 0. The highest BCUT2D eigenvalue weighted by Gasteiger charge is 2.17. The van der Waals surface area contributed by atoms with Gasteiger partial charge in [-0.3, -0.25) is 14.9 Å². The molecule has 0 aliphatic rings. The average Bonchev–Trinajstić information content (AvgIpc) is 2.40. The molecule has 2 aromatic rings. The van der Waals surface area contributed by atoms with Crippen molar-refractivity contribution in [3.63, 3.8) is 0 Å². The molecule has 1 N–H and O–H groups in total. The van der Waals surface area contributed by atoms with E-state index in [-0.39, 0.29) is 5.56 Å². The van der Waals surface area contributed by atoms with Crippen LogP contribution in [0.15, 0.2) is 42.6 Å². The third-order valence-corrected chi connectivity index (χ3v) is 2.31. The number of nitrogens with one attached hydrogen (secondary N) is 1. The molecule has 0 spiro atoms. The number of benzene rings is 1. The van der Waals surface area contributed by atoms with Crippen LogP contribution in [0.2, 0.25) is 0 Å². The van der Waals surface area contributed by atoms with Crippen molar-refractivity contribution in [3.8, 4) is 0 Å². The molecule has 6 nitrogen and oxygen atoms in total. The van der Waals surface area contributed by atoms with Crippen LogP contribution in [0.1, 0.15) is 10.4 Å². The van der Waals surface area contributed by atoms with Gasteiger partial charge in [-0.1, -0.05) is 6.07 Å². The second-order valence-corrected chi connectivity index (χ2v) is 3.59. The number of hydrogen-bond donors (Lipinski definition) is 1. The molecule has 19 heavy (non-hydrogen) atoms. The zero-order chi connectivity index (χ0) is 13.8. The fraction of sp³-hybridized carbons (Fsp3) is 0. The van der Waals surface area contributed by atoms with Gasteiger partial charge in [0.2, 0.25) is 5.82 Å². The standard InChI is InChI=1S/C12H8FN3O3/c13-9-5-4-8(7-10(9)16(18)19)12(17)15-11-3-1-2-6-14-11/h1-7H,(H,14,15,17). The van der Waals surface area contributed by atoms with Crippen molar-refractivity contribution < 1.29 is 14.1 Å². The minimum absolute atomic E-state index is 0.0150. The molecule has 0 saturated heterocycles. The van der Waals surface area contributed by atoms with E-state index in [1.54, 1.807) is 18.2 Å². The first kappa shape index (κ1) is 12.6. The highest BCUT2D eigenvalue weighted by molar-refractivity contribution is 6.04. The SMILES string of the molecule is O=C(Nc1ccccn1)c1ccc(F)c([N+](=O)[O-])c1. The first-order valence-corrected chi connectivity index (χ1v) is 5.24. The molecular weight excluding hydrogens is 253 g/mol. The van der Waals surface area contributed by atoms with Crippen molar-refractivity contribution in [2.24, 2.45) is 0 Å². The van der Waals surface area contributed by atoms with Crippen molar-refractivity contribution in [1.29, 1.82) is 0 Å². The molecule has 0 saturated carbocycles. The van der Waals surface area contributed by atoms with E-state index in [4.69, 9.17) is 0 Å². The molecule has 0 atom stereocenters. The summed E-state index contributed by atoms with van der Waals surface area (Å²) in [5, 5.41) is 13.0. The second kappa shape index (κ2) is 5.21. The number of carbonyl (C=O) groups is 1. The zero-order valence-electron chi connectivity index (χ0n) is 9.54. The van der Waals surface area contributed by atoms with Crippen molar-refractivity contribution in [2.75, 3.05) is 5.32 Å². The van der Waals surface area contributed by atoms with Crippen LogP contribution in [0.25, 0.3) is 0 Å². The van der Waals surface area contributed by atoms with Crippen molar-refractivity contribution >= 4 is 17.4 Å². The summed E-state index contributed by atoms with van der Waals surface area (Å²) in [7, 11) is 0. The summed E-state index contributed by atoms with van der Waals surface area (Å²) in [4.78, 5) is 25.4. The van der Waals surface area contributed by atoms with Crippen LogP contribution in [0.3, 0.4) is 0 Å². The Morgan fingerprint density at radius 1 is 1.32 bits per heavy atom. The van der Waals surface area contributed by atoms with E-state index in [9.17, 15) is 19.3 Å². The average molecular weight is 261 g/mol. The summed E-state index contributed by atoms with van der Waals surface area (Å²) < 4.78 is 13.1. The molecule has 0 aliphatic carbocycles. The van der Waals surface area contributed by atoms with Gasteiger partial charge in [0.25, 0.3) is 5.91 Å². The Morgan fingerprint density at radius 3 is 2.74 bits per heavy atom. The van der Waals surface area contributed by atoms with Gasteiger partial charge < -0.3 is 5.32 Å². The largest absolute Gasteiger partial charge is 0.307 e. The molecule has 1 aromatic heterocycles. The van der Waals surface area contributed by atoms with E-state index in [2.05, 4.69) is 10.3 Å². The van der Waals surface area contributed by atoms with Crippen molar-refractivity contribution in [3.05, 3.63) is 64.1 Å². The zero-order valence-corrected chi connectivity index (χ0v) is 9.54. The maximum atomic E-state index is 13.1. The Labute approximate surface area is 107 Å². The fourth-order valence-corrected chi connectivity index (χ4v) is 1.42. The van der Waals surface area contributed by atoms with Gasteiger partial charge in [-0.15, -0.1) is 0 Å². The highest BCUT2D eigenvalue weighted by atomic mass is 19.1. The van der Waals surface area contributed by atoms with Gasteiger partial charge in [-0.2, -0.15) is 4.39 Å². The summed E-state index contributed by atoms with van der Waals surface area (Å²) in [6.45, 7) is 0. The molecule has 96 valence electrons. The quantitative estimate of drug-likeness (QED) is 0.679. The smallest absolute Gasteiger partial charge is 0.305 e. The molecule has 0 bridgehead atoms. The Kier molecular flexibility index (Phi) is 3.46. The number of amides is 1. The third-order valence-electron chi connectivity index (χ3n) is 2.31. The van der Waals surface area contributed by atoms with Gasteiger partial charge in [-0.25, -0.2) is 4.98 Å². The molecule has 7 heteroatoms. The summed E-state index contributed by atoms with van der Waals surface area (Å²) in [5.41, 5.74) is -0.757. The van der Waals surface area contributed by atoms with E-state index >= 15 is 0 Å². The molecule has 0 unspecified atom stereocenters. The van der Waals surface area contributed by atoms with E-state index < -0.39 is 22.3 Å². The van der Waals surface area contributed by atoms with E-state index in [0.717, 1.165) is 12.1 Å². The molecule has 1 amide bonds. The molecule has 0 aliphatic heterocycles. The van der Waals surface area contributed by atoms with E-state index in [1.165, 1.54) is 12.3 Å². The molecule has 0 radical (unpaired) electrons. The topological polar surface area (TPSA) is 85.1 Å². The summed E-state index contributed by atoms with van der Waals surface area (Å²) in [5.74, 6) is -1.28. The van der Waals surface area contributed by atoms with Crippen LogP contribution >= 0.6 is 0 Å². The number of anilines is 1. The van der Waals surface area contributed by atoms with Crippen LogP contribution in [0.4, 0.5) is 15.9 Å². The molecule has 2 rings (SSSR count). The minimum atomic E-state index is -0.987. The lowest BCUT2D eigenvalue weighted by Crippen LogP contribution is -2.13. The van der Waals surface area contributed by atoms with Crippen molar-refractivity contribution in [2.45, 2.75) is 0 Å². The fourth-order valence-electron chi connectivity index (χ4n) is 1.42. The Balaban J connectivity index is 2.25. The number of pyridine rings is 1. The minimum Gasteiger partial charge on any atom is -0.307 e. The monoisotopic (exact) mass is 261 g/mol. The predicted octanol–water partition coefficient (Wildman–Crippen LogP) is 2.38. The number of rotatable bonds is 3. The molecule has 1 aromatic carbocycles. The number of hydrogen-bond acceptors (Lipinski definition) is 4. The first-order chi connectivity index (χ1) is 9.08. The number of nitrogens with zero attached hydrogens (tertiary/aromatic N) is 2. The maximum Gasteiger partial charge on any atom is 0.305 e. The van der Waals surface area contributed by atoms with Crippen LogP contribution in [-0.2, 0) is 0 Å². The lowest BCUT2D eigenvalue weighted by Gasteiger charge is -2.04. The number of aromatic nitrogens is 1. The third kappa shape index (κ3) is 2.89.